The zero-order valence-electron chi connectivity index (χ0n) is 19.0. The molecule has 1 aliphatic carbocycles. The highest BCUT2D eigenvalue weighted by Crippen LogP contribution is 2.27. The summed E-state index contributed by atoms with van der Waals surface area (Å²) in [7, 11) is 1.72. The van der Waals surface area contributed by atoms with Gasteiger partial charge in [-0.3, -0.25) is 19.7 Å². The molecule has 0 unspecified atom stereocenters. The molecule has 1 aliphatic rings. The van der Waals surface area contributed by atoms with Gasteiger partial charge in [0.1, 0.15) is 0 Å². The summed E-state index contributed by atoms with van der Waals surface area (Å²) in [6.45, 7) is 1.80. The first-order chi connectivity index (χ1) is 16.2. The Balaban J connectivity index is 1.64. The van der Waals surface area contributed by atoms with Crippen molar-refractivity contribution < 1.29 is 24.0 Å². The molecular weight excluding hydrogens is 462 g/mol. The summed E-state index contributed by atoms with van der Waals surface area (Å²) in [5.74, 6) is -1.04. The van der Waals surface area contributed by atoms with E-state index in [4.69, 9.17) is 16.3 Å². The van der Waals surface area contributed by atoms with Crippen LogP contribution in [0.15, 0.2) is 42.5 Å². The number of likely N-dealkylation sites (N-methyl/N-ethyl adjacent to an activating group) is 1. The van der Waals surface area contributed by atoms with E-state index >= 15 is 0 Å². The van der Waals surface area contributed by atoms with Crippen molar-refractivity contribution in [2.24, 2.45) is 5.92 Å². The monoisotopic (exact) mass is 487 g/mol. The summed E-state index contributed by atoms with van der Waals surface area (Å²) in [5, 5.41) is 13.3. The Bertz CT molecular complexity index is 1100. The molecule has 2 amide bonds. The lowest BCUT2D eigenvalue weighted by Crippen LogP contribution is -2.41. The first-order valence-corrected chi connectivity index (χ1v) is 11.3. The van der Waals surface area contributed by atoms with Crippen LogP contribution in [0.25, 0.3) is 0 Å². The average molecular weight is 488 g/mol. The van der Waals surface area contributed by atoms with E-state index in [2.05, 4.69) is 12.2 Å². The standard InChI is InChI=1S/C24H26ClN3O6/c1-15-7-9-16(10-8-15)27(2)22(29)14-34-24(31)19-5-3-4-6-21(19)26-23(30)18-12-11-17(28(32)33)13-20(18)25/h3-6,11-13,15-16H,7-10,14H2,1-2H3,(H,26,30). The molecule has 1 fully saturated rings. The van der Waals surface area contributed by atoms with E-state index < -0.39 is 23.4 Å². The average Bonchev–Trinajstić information content (AvgIpc) is 2.82. The highest BCUT2D eigenvalue weighted by atomic mass is 35.5. The number of nitro groups is 1. The fraction of sp³-hybridized carbons (Fsp3) is 0.375. The molecule has 0 aliphatic heterocycles. The number of non-ortho nitro benzene ring substituents is 1. The molecule has 34 heavy (non-hydrogen) atoms. The Hall–Kier alpha value is -3.46. The van der Waals surface area contributed by atoms with Gasteiger partial charge in [0.15, 0.2) is 6.61 Å². The van der Waals surface area contributed by atoms with Crippen molar-refractivity contribution in [1.82, 2.24) is 4.90 Å². The summed E-state index contributed by atoms with van der Waals surface area (Å²) >= 11 is 6.02. The Labute approximate surface area is 202 Å². The Morgan fingerprint density at radius 3 is 2.44 bits per heavy atom. The number of ether oxygens (including phenoxy) is 1. The van der Waals surface area contributed by atoms with Crippen LogP contribution in [-0.4, -0.2) is 47.3 Å². The van der Waals surface area contributed by atoms with Crippen molar-refractivity contribution in [1.29, 1.82) is 0 Å². The lowest BCUT2D eigenvalue weighted by molar-refractivity contribution is -0.384. The molecule has 0 saturated heterocycles. The number of halogens is 1. The maximum atomic E-state index is 12.7. The van der Waals surface area contributed by atoms with E-state index in [9.17, 15) is 24.5 Å². The molecule has 0 radical (unpaired) electrons. The van der Waals surface area contributed by atoms with Crippen LogP contribution in [-0.2, 0) is 9.53 Å². The van der Waals surface area contributed by atoms with Gasteiger partial charge in [0.25, 0.3) is 17.5 Å². The Morgan fingerprint density at radius 2 is 1.79 bits per heavy atom. The van der Waals surface area contributed by atoms with Gasteiger partial charge in [0.05, 0.1) is 26.8 Å². The van der Waals surface area contributed by atoms with E-state index in [0.29, 0.717) is 5.92 Å². The number of nitrogens with zero attached hydrogens (tertiary/aromatic N) is 2. The lowest BCUT2D eigenvalue weighted by atomic mass is 9.87. The second kappa shape index (κ2) is 11.1. The SMILES string of the molecule is CC1CCC(N(C)C(=O)COC(=O)c2ccccc2NC(=O)c2ccc([N+](=O)[O-])cc2Cl)CC1. The van der Waals surface area contributed by atoms with Gasteiger partial charge in [-0.15, -0.1) is 0 Å². The molecule has 3 rings (SSSR count). The fourth-order valence-electron chi connectivity index (χ4n) is 3.90. The van der Waals surface area contributed by atoms with E-state index in [1.54, 1.807) is 24.1 Å². The van der Waals surface area contributed by atoms with Gasteiger partial charge < -0.3 is 15.0 Å². The van der Waals surface area contributed by atoms with Crippen LogP contribution in [0.4, 0.5) is 11.4 Å². The van der Waals surface area contributed by atoms with Crippen LogP contribution in [0.3, 0.4) is 0 Å². The Kier molecular flexibility index (Phi) is 8.22. The molecule has 0 aromatic heterocycles. The molecule has 0 atom stereocenters. The number of nitro benzene ring substituents is 1. The largest absolute Gasteiger partial charge is 0.452 e. The van der Waals surface area contributed by atoms with Crippen molar-refractivity contribution in [3.8, 4) is 0 Å². The normalized spacial score (nSPS) is 17.5. The molecule has 2 aromatic rings. The number of carbonyl (C=O) groups excluding carboxylic acids is 3. The molecule has 0 spiro atoms. The summed E-state index contributed by atoms with van der Waals surface area (Å²) < 4.78 is 5.23. The lowest BCUT2D eigenvalue weighted by Gasteiger charge is -2.33. The number of hydrogen-bond acceptors (Lipinski definition) is 6. The Morgan fingerprint density at radius 1 is 1.12 bits per heavy atom. The summed E-state index contributed by atoms with van der Waals surface area (Å²) in [6, 6.07) is 9.80. The van der Waals surface area contributed by atoms with Crippen molar-refractivity contribution in [3.63, 3.8) is 0 Å². The fourth-order valence-corrected chi connectivity index (χ4v) is 4.16. The number of hydrogen-bond donors (Lipinski definition) is 1. The second-order valence-electron chi connectivity index (χ2n) is 8.42. The van der Waals surface area contributed by atoms with E-state index in [1.807, 2.05) is 0 Å². The zero-order chi connectivity index (χ0) is 24.8. The number of rotatable bonds is 7. The summed E-state index contributed by atoms with van der Waals surface area (Å²) in [6.07, 6.45) is 3.98. The van der Waals surface area contributed by atoms with Crippen LogP contribution in [0, 0.1) is 16.0 Å². The number of para-hydroxylation sites is 1. The van der Waals surface area contributed by atoms with Crippen LogP contribution in [0.5, 0.6) is 0 Å². The number of amides is 2. The number of carbonyl (C=O) groups is 3. The molecule has 1 N–H and O–H groups in total. The summed E-state index contributed by atoms with van der Waals surface area (Å²) in [5.41, 5.74) is -0.0123. The van der Waals surface area contributed by atoms with Gasteiger partial charge in [-0.2, -0.15) is 0 Å². The maximum absolute atomic E-state index is 12.7. The number of anilines is 1. The molecule has 1 saturated carbocycles. The number of nitrogens with one attached hydrogen (secondary N) is 1. The molecular formula is C24H26ClN3O6. The third-order valence-electron chi connectivity index (χ3n) is 6.06. The molecule has 10 heteroatoms. The zero-order valence-corrected chi connectivity index (χ0v) is 19.7. The number of benzene rings is 2. The minimum Gasteiger partial charge on any atom is -0.452 e. The molecule has 2 aromatic carbocycles. The third kappa shape index (κ3) is 6.11. The van der Waals surface area contributed by atoms with Crippen LogP contribution in [0.2, 0.25) is 5.02 Å². The van der Waals surface area contributed by atoms with Gasteiger partial charge in [-0.25, -0.2) is 4.79 Å². The minimum absolute atomic E-state index is 0.00837. The van der Waals surface area contributed by atoms with Crippen molar-refractivity contribution in [2.45, 2.75) is 38.6 Å². The minimum atomic E-state index is -0.760. The molecule has 0 heterocycles. The molecule has 0 bridgehead atoms. The van der Waals surface area contributed by atoms with E-state index in [-0.39, 0.29) is 39.5 Å². The smallest absolute Gasteiger partial charge is 0.340 e. The quantitative estimate of drug-likeness (QED) is 0.343. The topological polar surface area (TPSA) is 119 Å². The van der Waals surface area contributed by atoms with Crippen LogP contribution in [0.1, 0.15) is 53.3 Å². The summed E-state index contributed by atoms with van der Waals surface area (Å²) in [4.78, 5) is 49.8. The van der Waals surface area contributed by atoms with Gasteiger partial charge in [-0.1, -0.05) is 30.7 Å². The highest BCUT2D eigenvalue weighted by Gasteiger charge is 2.26. The second-order valence-corrected chi connectivity index (χ2v) is 8.82. The first-order valence-electron chi connectivity index (χ1n) is 10.9. The molecule has 9 nitrogen and oxygen atoms in total. The van der Waals surface area contributed by atoms with Gasteiger partial charge in [-0.05, 0) is 49.8 Å². The van der Waals surface area contributed by atoms with Gasteiger partial charge >= 0.3 is 5.97 Å². The van der Waals surface area contributed by atoms with Crippen LogP contribution >= 0.6 is 11.6 Å². The molecule has 180 valence electrons. The van der Waals surface area contributed by atoms with Crippen LogP contribution < -0.4 is 5.32 Å². The van der Waals surface area contributed by atoms with E-state index in [1.165, 1.54) is 18.2 Å². The van der Waals surface area contributed by atoms with Crippen molar-refractivity contribution in [3.05, 3.63) is 68.7 Å². The predicted octanol–water partition coefficient (Wildman–Crippen LogP) is 4.69. The van der Waals surface area contributed by atoms with Crippen molar-refractivity contribution in [2.75, 3.05) is 19.0 Å². The predicted molar refractivity (Wildman–Crippen MR) is 127 cm³/mol. The van der Waals surface area contributed by atoms with Crippen molar-refractivity contribution >= 4 is 40.8 Å². The van der Waals surface area contributed by atoms with Gasteiger partial charge in [0.2, 0.25) is 0 Å². The van der Waals surface area contributed by atoms with E-state index in [0.717, 1.165) is 37.8 Å². The maximum Gasteiger partial charge on any atom is 0.340 e. The third-order valence-corrected chi connectivity index (χ3v) is 6.37. The van der Waals surface area contributed by atoms with Gasteiger partial charge in [0, 0.05) is 25.2 Å². The first kappa shape index (κ1) is 25.2. The number of esters is 1. The highest BCUT2D eigenvalue weighted by molar-refractivity contribution is 6.34.